The van der Waals surface area contributed by atoms with Gasteiger partial charge in [0.25, 0.3) is 0 Å². The molecule has 1 saturated heterocycles. The number of rotatable bonds is 3. The largest absolute Gasteiger partial charge is 0.496 e. The Kier molecular flexibility index (Phi) is 4.89. The van der Waals surface area contributed by atoms with Crippen LogP contribution in [0.4, 0.5) is 5.69 Å². The van der Waals surface area contributed by atoms with E-state index in [0.717, 1.165) is 15.9 Å². The third-order valence-electron chi connectivity index (χ3n) is 3.47. The van der Waals surface area contributed by atoms with E-state index in [2.05, 4.69) is 45.3 Å². The Morgan fingerprint density at radius 1 is 1.33 bits per heavy atom. The highest BCUT2D eigenvalue weighted by Gasteiger charge is 2.14. The monoisotopic (exact) mass is 312 g/mol. The van der Waals surface area contributed by atoms with Gasteiger partial charge in [-0.15, -0.1) is 0 Å². The quantitative estimate of drug-likeness (QED) is 0.926. The molecule has 1 aromatic carbocycles. The molecule has 0 bridgehead atoms. The molecule has 3 nitrogen and oxygen atoms in total. The van der Waals surface area contributed by atoms with Crippen molar-refractivity contribution in [1.82, 2.24) is 4.90 Å². The SMILES string of the molecule is COc1ccc(NC2CCCN(C)CC2)cc1Br. The Balaban J connectivity index is 1.98. The maximum absolute atomic E-state index is 5.24. The van der Waals surface area contributed by atoms with Crippen molar-refractivity contribution in [3.63, 3.8) is 0 Å². The second kappa shape index (κ2) is 6.43. The molecule has 1 fully saturated rings. The van der Waals surface area contributed by atoms with Gasteiger partial charge in [-0.05, 0) is 73.5 Å². The van der Waals surface area contributed by atoms with Crippen molar-refractivity contribution in [2.45, 2.75) is 25.3 Å². The summed E-state index contributed by atoms with van der Waals surface area (Å²) in [4.78, 5) is 2.41. The first-order valence-corrected chi connectivity index (χ1v) is 7.27. The van der Waals surface area contributed by atoms with Crippen LogP contribution in [0.1, 0.15) is 19.3 Å². The van der Waals surface area contributed by atoms with Crippen LogP contribution >= 0.6 is 15.9 Å². The van der Waals surface area contributed by atoms with Crippen LogP contribution in [0.3, 0.4) is 0 Å². The number of ether oxygens (including phenoxy) is 1. The van der Waals surface area contributed by atoms with Crippen molar-refractivity contribution < 1.29 is 4.74 Å². The molecule has 0 spiro atoms. The van der Waals surface area contributed by atoms with Gasteiger partial charge >= 0.3 is 0 Å². The second-order valence-corrected chi connectivity index (χ2v) is 5.78. The lowest BCUT2D eigenvalue weighted by Crippen LogP contribution is -2.22. The highest BCUT2D eigenvalue weighted by atomic mass is 79.9. The smallest absolute Gasteiger partial charge is 0.133 e. The summed E-state index contributed by atoms with van der Waals surface area (Å²) in [5, 5.41) is 3.62. The van der Waals surface area contributed by atoms with Crippen molar-refractivity contribution in [2.24, 2.45) is 0 Å². The Bertz CT molecular complexity index is 397. The number of anilines is 1. The van der Waals surface area contributed by atoms with E-state index in [9.17, 15) is 0 Å². The number of nitrogens with one attached hydrogen (secondary N) is 1. The molecule has 1 aromatic rings. The van der Waals surface area contributed by atoms with Gasteiger partial charge in [0.05, 0.1) is 11.6 Å². The standard InChI is InChI=1S/C14H21BrN2O/c1-17-8-3-4-11(7-9-17)16-12-5-6-14(18-2)13(15)10-12/h5-6,10-11,16H,3-4,7-9H2,1-2H3. The first kappa shape index (κ1) is 13.7. The lowest BCUT2D eigenvalue weighted by atomic mass is 10.1. The summed E-state index contributed by atoms with van der Waals surface area (Å²) in [5.41, 5.74) is 1.16. The van der Waals surface area contributed by atoms with E-state index in [-0.39, 0.29) is 0 Å². The molecule has 1 atom stereocenters. The number of nitrogens with zero attached hydrogens (tertiary/aromatic N) is 1. The highest BCUT2D eigenvalue weighted by Crippen LogP contribution is 2.28. The fourth-order valence-corrected chi connectivity index (χ4v) is 2.92. The molecule has 1 heterocycles. The van der Waals surface area contributed by atoms with E-state index < -0.39 is 0 Å². The minimum Gasteiger partial charge on any atom is -0.496 e. The molecule has 4 heteroatoms. The maximum atomic E-state index is 5.24. The predicted molar refractivity (Wildman–Crippen MR) is 79.5 cm³/mol. The first-order chi connectivity index (χ1) is 8.69. The molecule has 18 heavy (non-hydrogen) atoms. The van der Waals surface area contributed by atoms with E-state index in [1.54, 1.807) is 7.11 Å². The van der Waals surface area contributed by atoms with E-state index in [4.69, 9.17) is 4.74 Å². The molecular weight excluding hydrogens is 292 g/mol. The van der Waals surface area contributed by atoms with Gasteiger partial charge in [-0.2, -0.15) is 0 Å². The molecule has 2 rings (SSSR count). The number of benzene rings is 1. The van der Waals surface area contributed by atoms with Gasteiger partial charge in [-0.25, -0.2) is 0 Å². The predicted octanol–water partition coefficient (Wildman–Crippen LogP) is 3.35. The van der Waals surface area contributed by atoms with Gasteiger partial charge in [-0.1, -0.05) is 0 Å². The van der Waals surface area contributed by atoms with Gasteiger partial charge in [-0.3, -0.25) is 0 Å². The van der Waals surface area contributed by atoms with Crippen molar-refractivity contribution in [1.29, 1.82) is 0 Å². The van der Waals surface area contributed by atoms with E-state index in [0.29, 0.717) is 6.04 Å². The Hall–Kier alpha value is -0.740. The van der Waals surface area contributed by atoms with E-state index in [1.807, 2.05) is 6.07 Å². The maximum Gasteiger partial charge on any atom is 0.133 e. The third-order valence-corrected chi connectivity index (χ3v) is 4.09. The molecule has 100 valence electrons. The summed E-state index contributed by atoms with van der Waals surface area (Å²) >= 11 is 3.52. The summed E-state index contributed by atoms with van der Waals surface area (Å²) in [6, 6.07) is 6.75. The number of hydrogen-bond acceptors (Lipinski definition) is 3. The van der Waals surface area contributed by atoms with Crippen LogP contribution in [0.2, 0.25) is 0 Å². The van der Waals surface area contributed by atoms with E-state index in [1.165, 1.54) is 32.4 Å². The zero-order chi connectivity index (χ0) is 13.0. The van der Waals surface area contributed by atoms with Crippen LogP contribution in [0, 0.1) is 0 Å². The molecule has 0 aliphatic carbocycles. The lowest BCUT2D eigenvalue weighted by Gasteiger charge is -2.18. The Morgan fingerprint density at radius 2 is 2.17 bits per heavy atom. The zero-order valence-electron chi connectivity index (χ0n) is 11.1. The average Bonchev–Trinajstić information content (AvgIpc) is 2.55. The summed E-state index contributed by atoms with van der Waals surface area (Å²) in [6.45, 7) is 2.39. The van der Waals surface area contributed by atoms with Crippen LogP contribution in [0.25, 0.3) is 0 Å². The topological polar surface area (TPSA) is 24.5 Å². The van der Waals surface area contributed by atoms with Gasteiger partial charge in [0, 0.05) is 11.7 Å². The molecule has 1 N–H and O–H groups in total. The number of methoxy groups -OCH3 is 1. The minimum absolute atomic E-state index is 0.579. The lowest BCUT2D eigenvalue weighted by molar-refractivity contribution is 0.348. The fourth-order valence-electron chi connectivity index (χ4n) is 2.38. The van der Waals surface area contributed by atoms with Crippen LogP contribution in [-0.2, 0) is 0 Å². The summed E-state index contributed by atoms with van der Waals surface area (Å²) in [7, 11) is 3.89. The van der Waals surface area contributed by atoms with Gasteiger partial charge in [0.15, 0.2) is 0 Å². The Labute approximate surface area is 118 Å². The van der Waals surface area contributed by atoms with Crippen LogP contribution in [-0.4, -0.2) is 38.2 Å². The number of halogens is 1. The van der Waals surface area contributed by atoms with Crippen molar-refractivity contribution in [3.05, 3.63) is 22.7 Å². The molecule has 0 radical (unpaired) electrons. The number of hydrogen-bond donors (Lipinski definition) is 1. The van der Waals surface area contributed by atoms with Crippen molar-refractivity contribution in [2.75, 3.05) is 32.6 Å². The molecule has 0 aromatic heterocycles. The molecule has 0 amide bonds. The zero-order valence-corrected chi connectivity index (χ0v) is 12.7. The van der Waals surface area contributed by atoms with Crippen molar-refractivity contribution in [3.8, 4) is 5.75 Å². The van der Waals surface area contributed by atoms with Gasteiger partial charge in [0.2, 0.25) is 0 Å². The molecule has 1 aliphatic rings. The highest BCUT2D eigenvalue weighted by molar-refractivity contribution is 9.10. The average molecular weight is 313 g/mol. The minimum atomic E-state index is 0.579. The van der Waals surface area contributed by atoms with E-state index >= 15 is 0 Å². The Morgan fingerprint density at radius 3 is 2.89 bits per heavy atom. The second-order valence-electron chi connectivity index (χ2n) is 4.92. The van der Waals surface area contributed by atoms with Gasteiger partial charge < -0.3 is 15.0 Å². The van der Waals surface area contributed by atoms with Crippen LogP contribution < -0.4 is 10.1 Å². The molecule has 1 aliphatic heterocycles. The molecular formula is C14H21BrN2O. The summed E-state index contributed by atoms with van der Waals surface area (Å²) in [6.07, 6.45) is 3.72. The number of likely N-dealkylation sites (tertiary alicyclic amines) is 1. The third kappa shape index (κ3) is 3.62. The summed E-state index contributed by atoms with van der Waals surface area (Å²) < 4.78 is 6.24. The summed E-state index contributed by atoms with van der Waals surface area (Å²) in [5.74, 6) is 0.876. The molecule has 1 unspecified atom stereocenters. The van der Waals surface area contributed by atoms with Crippen molar-refractivity contribution >= 4 is 21.6 Å². The first-order valence-electron chi connectivity index (χ1n) is 6.47. The van der Waals surface area contributed by atoms with Crippen LogP contribution in [0.15, 0.2) is 22.7 Å². The van der Waals surface area contributed by atoms with Gasteiger partial charge in [0.1, 0.15) is 5.75 Å². The molecule has 0 saturated carbocycles. The normalized spacial score (nSPS) is 21.4. The van der Waals surface area contributed by atoms with Crippen LogP contribution in [0.5, 0.6) is 5.75 Å². The fraction of sp³-hybridized carbons (Fsp3) is 0.571.